The van der Waals surface area contributed by atoms with Crippen LogP contribution in [-0.2, 0) is 4.79 Å². The van der Waals surface area contributed by atoms with Gasteiger partial charge in [0.05, 0.1) is 6.20 Å². The van der Waals surface area contributed by atoms with Crippen molar-refractivity contribution in [2.45, 2.75) is 13.8 Å². The number of hydrogen-bond donors (Lipinski definition) is 1. The monoisotopic (exact) mass is 256 g/mol. The Morgan fingerprint density at radius 2 is 2.00 bits per heavy atom. The summed E-state index contributed by atoms with van der Waals surface area (Å²) in [5, 5.41) is 2.81. The molecule has 2 aromatic rings. The highest BCUT2D eigenvalue weighted by atomic mass is 16.5. The molecule has 0 unspecified atom stereocenters. The number of benzene rings is 1. The van der Waals surface area contributed by atoms with Gasteiger partial charge in [-0.15, -0.1) is 0 Å². The fraction of sp³-hybridized carbons (Fsp3) is 0.200. The largest absolute Gasteiger partial charge is 0.482 e. The molecule has 1 N–H and O–H groups in total. The Bertz CT molecular complexity index is 547. The number of rotatable bonds is 4. The van der Waals surface area contributed by atoms with Crippen LogP contribution >= 0.6 is 0 Å². The van der Waals surface area contributed by atoms with E-state index in [4.69, 9.17) is 4.74 Å². The van der Waals surface area contributed by atoms with E-state index in [0.717, 1.165) is 16.8 Å². The molecule has 0 spiro atoms. The molecule has 0 aliphatic carbocycles. The molecule has 4 nitrogen and oxygen atoms in total. The summed E-state index contributed by atoms with van der Waals surface area (Å²) in [6.45, 7) is 3.96. The van der Waals surface area contributed by atoms with Crippen molar-refractivity contribution in [3.8, 4) is 5.75 Å². The number of pyridine rings is 1. The quantitative estimate of drug-likeness (QED) is 0.915. The van der Waals surface area contributed by atoms with E-state index in [1.807, 2.05) is 26.0 Å². The Balaban J connectivity index is 1.91. The predicted molar refractivity (Wildman–Crippen MR) is 74.3 cm³/mol. The minimum absolute atomic E-state index is 0.0291. The lowest BCUT2D eigenvalue weighted by Gasteiger charge is -2.08. The molecule has 98 valence electrons. The maximum absolute atomic E-state index is 11.8. The third-order valence-corrected chi connectivity index (χ3v) is 2.51. The molecule has 1 aromatic carbocycles. The maximum atomic E-state index is 11.8. The van der Waals surface area contributed by atoms with Crippen LogP contribution in [0.5, 0.6) is 5.75 Å². The van der Waals surface area contributed by atoms with Crippen LogP contribution in [0.25, 0.3) is 0 Å². The summed E-state index contributed by atoms with van der Waals surface area (Å²) in [5.41, 5.74) is 3.02. The van der Waals surface area contributed by atoms with Gasteiger partial charge in [0.25, 0.3) is 5.91 Å². The minimum Gasteiger partial charge on any atom is -0.482 e. The third kappa shape index (κ3) is 4.10. The van der Waals surface area contributed by atoms with Crippen molar-refractivity contribution in [1.82, 2.24) is 4.98 Å². The van der Waals surface area contributed by atoms with Crippen LogP contribution in [0.2, 0.25) is 0 Å². The van der Waals surface area contributed by atoms with Crippen molar-refractivity contribution in [2.24, 2.45) is 0 Å². The van der Waals surface area contributed by atoms with Crippen molar-refractivity contribution in [1.29, 1.82) is 0 Å². The number of hydrogen-bond acceptors (Lipinski definition) is 3. The molecule has 0 aliphatic heterocycles. The lowest BCUT2D eigenvalue weighted by atomic mass is 10.1. The van der Waals surface area contributed by atoms with Gasteiger partial charge in [-0.05, 0) is 49.2 Å². The topological polar surface area (TPSA) is 51.2 Å². The summed E-state index contributed by atoms with van der Waals surface area (Å²) >= 11 is 0. The number of carbonyl (C=O) groups is 1. The second-order valence-electron chi connectivity index (χ2n) is 4.40. The normalized spacial score (nSPS) is 10.0. The molecule has 0 aliphatic rings. The SMILES string of the molecule is Cc1cc(C)cc(NC(=O)COc2cccnc2)c1. The van der Waals surface area contributed by atoms with Gasteiger partial charge < -0.3 is 10.1 Å². The van der Waals surface area contributed by atoms with E-state index >= 15 is 0 Å². The van der Waals surface area contributed by atoms with E-state index in [1.54, 1.807) is 24.5 Å². The summed E-state index contributed by atoms with van der Waals surface area (Å²) < 4.78 is 5.33. The Morgan fingerprint density at radius 3 is 2.63 bits per heavy atom. The zero-order chi connectivity index (χ0) is 13.7. The van der Waals surface area contributed by atoms with Crippen LogP contribution in [0.4, 0.5) is 5.69 Å². The molecule has 0 radical (unpaired) electrons. The molecular formula is C15H16N2O2. The van der Waals surface area contributed by atoms with Crippen LogP contribution < -0.4 is 10.1 Å². The fourth-order valence-corrected chi connectivity index (χ4v) is 1.83. The van der Waals surface area contributed by atoms with Crippen molar-refractivity contribution in [2.75, 3.05) is 11.9 Å². The molecule has 1 amide bonds. The summed E-state index contributed by atoms with van der Waals surface area (Å²) in [4.78, 5) is 15.7. The van der Waals surface area contributed by atoms with Gasteiger partial charge in [-0.25, -0.2) is 0 Å². The third-order valence-electron chi connectivity index (χ3n) is 2.51. The standard InChI is InChI=1S/C15H16N2O2/c1-11-6-12(2)8-13(7-11)17-15(18)10-19-14-4-3-5-16-9-14/h3-9H,10H2,1-2H3,(H,17,18). The summed E-state index contributed by atoms with van der Waals surface area (Å²) in [6, 6.07) is 9.43. The van der Waals surface area contributed by atoms with E-state index in [0.29, 0.717) is 5.75 Å². The molecule has 1 aromatic heterocycles. The predicted octanol–water partition coefficient (Wildman–Crippen LogP) is 2.72. The first kappa shape index (κ1) is 13.1. The van der Waals surface area contributed by atoms with Crippen molar-refractivity contribution in [3.63, 3.8) is 0 Å². The highest BCUT2D eigenvalue weighted by Crippen LogP contribution is 2.13. The Morgan fingerprint density at radius 1 is 1.26 bits per heavy atom. The average Bonchev–Trinajstić information content (AvgIpc) is 2.36. The zero-order valence-corrected chi connectivity index (χ0v) is 11.0. The first-order valence-corrected chi connectivity index (χ1v) is 6.04. The van der Waals surface area contributed by atoms with Gasteiger partial charge in [-0.3, -0.25) is 9.78 Å². The lowest BCUT2D eigenvalue weighted by Crippen LogP contribution is -2.20. The molecule has 0 fully saturated rings. The van der Waals surface area contributed by atoms with Gasteiger partial charge in [0.15, 0.2) is 6.61 Å². The lowest BCUT2D eigenvalue weighted by molar-refractivity contribution is -0.118. The van der Waals surface area contributed by atoms with Crippen LogP contribution in [0.3, 0.4) is 0 Å². The number of ether oxygens (including phenoxy) is 1. The van der Waals surface area contributed by atoms with E-state index in [-0.39, 0.29) is 12.5 Å². The minimum atomic E-state index is -0.186. The molecule has 0 bridgehead atoms. The molecule has 0 saturated carbocycles. The van der Waals surface area contributed by atoms with E-state index < -0.39 is 0 Å². The Labute approximate surface area is 112 Å². The summed E-state index contributed by atoms with van der Waals surface area (Å²) in [7, 11) is 0. The number of carbonyl (C=O) groups excluding carboxylic acids is 1. The second kappa shape index (κ2) is 6.00. The van der Waals surface area contributed by atoms with Gasteiger partial charge >= 0.3 is 0 Å². The summed E-state index contributed by atoms with van der Waals surface area (Å²) in [5.74, 6) is 0.395. The number of aromatic nitrogens is 1. The van der Waals surface area contributed by atoms with Gasteiger partial charge in [-0.1, -0.05) is 6.07 Å². The molecular weight excluding hydrogens is 240 g/mol. The highest BCUT2D eigenvalue weighted by molar-refractivity contribution is 5.92. The molecule has 19 heavy (non-hydrogen) atoms. The Kier molecular flexibility index (Phi) is 4.13. The van der Waals surface area contributed by atoms with Crippen LogP contribution in [0.15, 0.2) is 42.7 Å². The van der Waals surface area contributed by atoms with Crippen LogP contribution in [-0.4, -0.2) is 17.5 Å². The molecule has 1 heterocycles. The first-order chi connectivity index (χ1) is 9.13. The summed E-state index contributed by atoms with van der Waals surface area (Å²) in [6.07, 6.45) is 3.23. The van der Waals surface area contributed by atoms with Gasteiger partial charge in [-0.2, -0.15) is 0 Å². The van der Waals surface area contributed by atoms with Crippen molar-refractivity contribution in [3.05, 3.63) is 53.9 Å². The van der Waals surface area contributed by atoms with Gasteiger partial charge in [0.1, 0.15) is 5.75 Å². The number of aryl methyl sites for hydroxylation is 2. The van der Waals surface area contributed by atoms with E-state index in [9.17, 15) is 4.79 Å². The first-order valence-electron chi connectivity index (χ1n) is 6.04. The maximum Gasteiger partial charge on any atom is 0.262 e. The van der Waals surface area contributed by atoms with Gasteiger partial charge in [0, 0.05) is 11.9 Å². The molecule has 0 saturated heterocycles. The van der Waals surface area contributed by atoms with E-state index in [2.05, 4.69) is 16.4 Å². The molecule has 4 heteroatoms. The highest BCUT2D eigenvalue weighted by Gasteiger charge is 2.04. The Hall–Kier alpha value is -2.36. The van der Waals surface area contributed by atoms with Crippen LogP contribution in [0, 0.1) is 13.8 Å². The van der Waals surface area contributed by atoms with Crippen LogP contribution in [0.1, 0.15) is 11.1 Å². The zero-order valence-electron chi connectivity index (χ0n) is 11.0. The molecule has 2 rings (SSSR count). The smallest absolute Gasteiger partial charge is 0.262 e. The molecule has 0 atom stereocenters. The fourth-order valence-electron chi connectivity index (χ4n) is 1.83. The van der Waals surface area contributed by atoms with Gasteiger partial charge in [0.2, 0.25) is 0 Å². The van der Waals surface area contributed by atoms with E-state index in [1.165, 1.54) is 0 Å². The number of amides is 1. The number of anilines is 1. The van der Waals surface area contributed by atoms with Crippen molar-refractivity contribution < 1.29 is 9.53 Å². The second-order valence-corrected chi connectivity index (χ2v) is 4.40. The van der Waals surface area contributed by atoms with Crippen molar-refractivity contribution >= 4 is 11.6 Å². The number of nitrogens with one attached hydrogen (secondary N) is 1. The number of nitrogens with zero attached hydrogens (tertiary/aromatic N) is 1. The average molecular weight is 256 g/mol.